The molecular weight excluding hydrogens is 361 g/mol. The minimum absolute atomic E-state index is 0.138. The lowest BCUT2D eigenvalue weighted by Gasteiger charge is -2.14. The van der Waals surface area contributed by atoms with Crippen LogP contribution in [0, 0.1) is 5.82 Å². The number of carbonyl (C=O) groups excluding carboxylic acids is 1. The van der Waals surface area contributed by atoms with E-state index in [2.05, 4.69) is 5.32 Å². The van der Waals surface area contributed by atoms with Crippen molar-refractivity contribution in [3.63, 3.8) is 0 Å². The third-order valence-corrected chi connectivity index (χ3v) is 4.65. The van der Waals surface area contributed by atoms with Gasteiger partial charge in [-0.25, -0.2) is 9.18 Å². The Morgan fingerprint density at radius 2 is 1.82 bits per heavy atom. The Hall–Kier alpha value is -3.45. The fraction of sp³-hybridized carbons (Fsp3) is 0.143. The Labute approximate surface area is 160 Å². The molecule has 7 heteroatoms. The van der Waals surface area contributed by atoms with Gasteiger partial charge >= 0.3 is 6.09 Å². The van der Waals surface area contributed by atoms with E-state index >= 15 is 0 Å². The van der Waals surface area contributed by atoms with Gasteiger partial charge < -0.3 is 15.8 Å². The van der Waals surface area contributed by atoms with Crippen molar-refractivity contribution in [1.82, 2.24) is 0 Å². The molecule has 3 aromatic rings. The van der Waals surface area contributed by atoms with Crippen molar-refractivity contribution in [2.45, 2.75) is 6.10 Å². The van der Waals surface area contributed by atoms with Crippen molar-refractivity contribution in [2.24, 2.45) is 5.73 Å². The zero-order valence-electron chi connectivity index (χ0n) is 14.9. The van der Waals surface area contributed by atoms with Crippen LogP contribution in [0.1, 0.15) is 0 Å². The van der Waals surface area contributed by atoms with Crippen LogP contribution in [-0.2, 0) is 4.74 Å². The average Bonchev–Trinajstić information content (AvgIpc) is 3.00. The second kappa shape index (κ2) is 7.28. The lowest BCUT2D eigenvalue weighted by Crippen LogP contribution is -2.27. The van der Waals surface area contributed by atoms with Gasteiger partial charge in [0.05, 0.1) is 23.6 Å². The molecule has 1 heterocycles. The molecule has 0 unspecified atom stereocenters. The summed E-state index contributed by atoms with van der Waals surface area (Å²) in [5.41, 5.74) is 6.04. The molecule has 1 atom stereocenters. The van der Waals surface area contributed by atoms with Gasteiger partial charge in [-0.15, -0.1) is 0 Å². The van der Waals surface area contributed by atoms with Crippen molar-refractivity contribution in [1.29, 1.82) is 0 Å². The van der Waals surface area contributed by atoms with Gasteiger partial charge in [0.25, 0.3) is 0 Å². The number of anilines is 3. The molecule has 142 valence electrons. The minimum atomic E-state index is -0.586. The second-order valence-electron chi connectivity index (χ2n) is 6.53. The van der Waals surface area contributed by atoms with Gasteiger partial charge in [-0.2, -0.15) is 0 Å². The number of carbonyl (C=O) groups is 1. The SMILES string of the molecule is NC[C@H]1CN(c2ccc(Nc3cc4ccccc4ccc3=O)c(F)c2)C(=O)O1. The van der Waals surface area contributed by atoms with Crippen LogP contribution in [0.15, 0.2) is 65.5 Å². The topological polar surface area (TPSA) is 84.7 Å². The molecule has 0 radical (unpaired) electrons. The van der Waals surface area contributed by atoms with Crippen molar-refractivity contribution in [3.05, 3.63) is 76.7 Å². The molecule has 1 aliphatic rings. The molecule has 3 N–H and O–H groups in total. The first-order valence-corrected chi connectivity index (χ1v) is 8.83. The van der Waals surface area contributed by atoms with Gasteiger partial charge in [0, 0.05) is 6.54 Å². The highest BCUT2D eigenvalue weighted by Gasteiger charge is 2.31. The summed E-state index contributed by atoms with van der Waals surface area (Å²) < 4.78 is 19.8. The Kier molecular flexibility index (Phi) is 4.67. The summed E-state index contributed by atoms with van der Waals surface area (Å²) in [6, 6.07) is 16.7. The number of nitrogens with one attached hydrogen (secondary N) is 1. The second-order valence-corrected chi connectivity index (χ2v) is 6.53. The lowest BCUT2D eigenvalue weighted by molar-refractivity contribution is 0.145. The highest BCUT2D eigenvalue weighted by molar-refractivity contribution is 5.90. The van der Waals surface area contributed by atoms with E-state index in [-0.39, 0.29) is 29.9 Å². The van der Waals surface area contributed by atoms with E-state index in [4.69, 9.17) is 10.5 Å². The number of benzene rings is 2. The first-order valence-electron chi connectivity index (χ1n) is 8.83. The smallest absolute Gasteiger partial charge is 0.414 e. The number of cyclic esters (lactones) is 1. The highest BCUT2D eigenvalue weighted by atomic mass is 19.1. The van der Waals surface area contributed by atoms with Gasteiger partial charge in [-0.05, 0) is 41.1 Å². The minimum Gasteiger partial charge on any atom is -0.443 e. The number of nitrogens with zero attached hydrogens (tertiary/aromatic N) is 1. The molecule has 0 spiro atoms. The van der Waals surface area contributed by atoms with Crippen LogP contribution in [0.4, 0.5) is 26.2 Å². The lowest BCUT2D eigenvalue weighted by atomic mass is 10.2. The fourth-order valence-corrected chi connectivity index (χ4v) is 3.15. The van der Waals surface area contributed by atoms with Crippen LogP contribution in [0.3, 0.4) is 0 Å². The molecule has 0 saturated carbocycles. The molecular formula is C21H18FN3O3. The van der Waals surface area contributed by atoms with Crippen LogP contribution in [-0.4, -0.2) is 25.3 Å². The van der Waals surface area contributed by atoms with Gasteiger partial charge in [-0.3, -0.25) is 9.69 Å². The van der Waals surface area contributed by atoms with Gasteiger partial charge in [-0.1, -0.05) is 30.3 Å². The van der Waals surface area contributed by atoms with Crippen LogP contribution < -0.4 is 21.4 Å². The number of hydrogen-bond donors (Lipinski definition) is 2. The number of rotatable bonds is 4. The van der Waals surface area contributed by atoms with Crippen LogP contribution >= 0.6 is 0 Å². The van der Waals surface area contributed by atoms with E-state index in [1.54, 1.807) is 18.2 Å². The molecule has 6 nitrogen and oxygen atoms in total. The monoisotopic (exact) mass is 379 g/mol. The normalized spacial score (nSPS) is 16.3. The molecule has 0 aromatic heterocycles. The molecule has 0 bridgehead atoms. The number of nitrogens with two attached hydrogens (primary N) is 1. The zero-order valence-corrected chi connectivity index (χ0v) is 14.9. The van der Waals surface area contributed by atoms with E-state index < -0.39 is 18.0 Å². The predicted molar refractivity (Wildman–Crippen MR) is 107 cm³/mol. The summed E-state index contributed by atoms with van der Waals surface area (Å²) in [7, 11) is 0. The average molecular weight is 379 g/mol. The Morgan fingerprint density at radius 3 is 2.54 bits per heavy atom. The molecule has 1 aliphatic heterocycles. The molecule has 1 fully saturated rings. The number of ether oxygens (including phenoxy) is 1. The van der Waals surface area contributed by atoms with Crippen molar-refractivity contribution in [3.8, 4) is 0 Å². The summed E-state index contributed by atoms with van der Waals surface area (Å²) in [5, 5.41) is 4.63. The fourth-order valence-electron chi connectivity index (χ4n) is 3.15. The highest BCUT2D eigenvalue weighted by Crippen LogP contribution is 2.27. The molecule has 0 aliphatic carbocycles. The maximum atomic E-state index is 14.7. The molecule has 1 saturated heterocycles. The van der Waals surface area contributed by atoms with E-state index in [9.17, 15) is 14.0 Å². The third kappa shape index (κ3) is 3.39. The third-order valence-electron chi connectivity index (χ3n) is 4.65. The van der Waals surface area contributed by atoms with E-state index in [0.717, 1.165) is 10.8 Å². The summed E-state index contributed by atoms with van der Waals surface area (Å²) in [6.45, 7) is 0.475. The van der Waals surface area contributed by atoms with Gasteiger partial charge in [0.2, 0.25) is 5.43 Å². The van der Waals surface area contributed by atoms with E-state index in [0.29, 0.717) is 5.69 Å². The molecule has 28 heavy (non-hydrogen) atoms. The quantitative estimate of drug-likeness (QED) is 0.726. The van der Waals surface area contributed by atoms with E-state index in [1.807, 2.05) is 24.3 Å². The summed E-state index contributed by atoms with van der Waals surface area (Å²) >= 11 is 0. The van der Waals surface area contributed by atoms with Crippen LogP contribution in [0.5, 0.6) is 0 Å². The van der Waals surface area contributed by atoms with Crippen molar-refractivity contribution < 1.29 is 13.9 Å². The standard InChI is InChI=1S/C21H18FN3O3/c22-17-10-15(25-12-16(11-23)28-21(25)27)6-7-18(17)24-19-9-14-4-2-1-3-13(14)5-8-20(19)26/h1-10,16H,11-12,23H2,(H,24,26)/t16-/m0/s1. The maximum Gasteiger partial charge on any atom is 0.414 e. The Morgan fingerprint density at radius 1 is 1.04 bits per heavy atom. The first-order chi connectivity index (χ1) is 13.5. The molecule has 3 aromatic carbocycles. The number of fused-ring (bicyclic) bond motifs is 1. The van der Waals surface area contributed by atoms with Gasteiger partial charge in [0.15, 0.2) is 0 Å². The molecule has 1 amide bonds. The summed E-state index contributed by atoms with van der Waals surface area (Å²) in [5.74, 6) is -0.586. The van der Waals surface area contributed by atoms with E-state index in [1.165, 1.54) is 23.1 Å². The van der Waals surface area contributed by atoms with Crippen LogP contribution in [0.2, 0.25) is 0 Å². The Bertz CT molecular complexity index is 1120. The van der Waals surface area contributed by atoms with Crippen LogP contribution in [0.25, 0.3) is 10.8 Å². The maximum absolute atomic E-state index is 14.7. The zero-order chi connectivity index (χ0) is 19.7. The van der Waals surface area contributed by atoms with Crippen molar-refractivity contribution in [2.75, 3.05) is 23.3 Å². The van der Waals surface area contributed by atoms with Gasteiger partial charge in [0.1, 0.15) is 11.9 Å². The number of halogens is 1. The number of hydrogen-bond acceptors (Lipinski definition) is 5. The van der Waals surface area contributed by atoms with Crippen molar-refractivity contribution >= 4 is 33.9 Å². The molecule has 4 rings (SSSR count). The largest absolute Gasteiger partial charge is 0.443 e. The first kappa shape index (κ1) is 17.9. The summed E-state index contributed by atoms with van der Waals surface area (Å²) in [6.07, 6.45) is -0.965. The number of amides is 1. The Balaban J connectivity index is 1.65. The predicted octanol–water partition coefficient (Wildman–Crippen LogP) is 3.37. The summed E-state index contributed by atoms with van der Waals surface area (Å²) in [4.78, 5) is 25.6.